The summed E-state index contributed by atoms with van der Waals surface area (Å²) in [7, 11) is 0. The molecule has 0 radical (unpaired) electrons. The van der Waals surface area contributed by atoms with E-state index in [4.69, 9.17) is 31.8 Å². The van der Waals surface area contributed by atoms with Gasteiger partial charge in [-0.2, -0.15) is 0 Å². The standard InChI is InChI=1S/C36H28O6/c1-5-21-39-31-15-11-29(12-16-31)35(37)41-33-19-9-27(23-25(33)3)7-8-28-10-20-34(26(4)24-28)42-36(38)30-13-17-32(18-14-30)40-22-6-2/h1-2,7-20,23-24H,21-22H2,3-4H3/b8-7+. The van der Waals surface area contributed by atoms with Crippen molar-refractivity contribution in [3.8, 4) is 47.7 Å². The number of rotatable bonds is 10. The number of aryl methyl sites for hydroxylation is 2. The van der Waals surface area contributed by atoms with Crippen molar-refractivity contribution in [1.29, 1.82) is 0 Å². The molecule has 4 aromatic carbocycles. The molecule has 0 unspecified atom stereocenters. The Morgan fingerprint density at radius 2 is 1.00 bits per heavy atom. The van der Waals surface area contributed by atoms with E-state index in [0.29, 0.717) is 34.1 Å². The van der Waals surface area contributed by atoms with Gasteiger partial charge in [-0.1, -0.05) is 36.1 Å². The van der Waals surface area contributed by atoms with Crippen LogP contribution in [0.4, 0.5) is 0 Å². The zero-order chi connectivity index (χ0) is 29.9. The van der Waals surface area contributed by atoms with Crippen molar-refractivity contribution < 1.29 is 28.5 Å². The third kappa shape index (κ3) is 7.91. The van der Waals surface area contributed by atoms with Crippen LogP contribution in [0, 0.1) is 38.5 Å². The Balaban J connectivity index is 1.35. The van der Waals surface area contributed by atoms with E-state index in [-0.39, 0.29) is 13.2 Å². The van der Waals surface area contributed by atoms with Crippen molar-refractivity contribution in [3.63, 3.8) is 0 Å². The third-order valence-corrected chi connectivity index (χ3v) is 6.10. The topological polar surface area (TPSA) is 71.1 Å². The smallest absolute Gasteiger partial charge is 0.343 e. The van der Waals surface area contributed by atoms with Crippen molar-refractivity contribution in [2.24, 2.45) is 0 Å². The number of carbonyl (C=O) groups excluding carboxylic acids is 2. The van der Waals surface area contributed by atoms with Crippen molar-refractivity contribution in [2.45, 2.75) is 13.8 Å². The molecule has 0 fully saturated rings. The van der Waals surface area contributed by atoms with Gasteiger partial charge in [-0.3, -0.25) is 0 Å². The highest BCUT2D eigenvalue weighted by molar-refractivity contribution is 5.92. The summed E-state index contributed by atoms with van der Waals surface area (Å²) in [4.78, 5) is 25.2. The van der Waals surface area contributed by atoms with Crippen LogP contribution in [-0.4, -0.2) is 25.2 Å². The molecule has 6 nitrogen and oxygen atoms in total. The van der Waals surface area contributed by atoms with Crippen LogP contribution < -0.4 is 18.9 Å². The van der Waals surface area contributed by atoms with Gasteiger partial charge in [0.2, 0.25) is 0 Å². The molecule has 0 saturated heterocycles. The molecule has 0 saturated carbocycles. The number of benzene rings is 4. The van der Waals surface area contributed by atoms with Gasteiger partial charge in [-0.25, -0.2) is 9.59 Å². The van der Waals surface area contributed by atoms with Crippen molar-refractivity contribution in [1.82, 2.24) is 0 Å². The van der Waals surface area contributed by atoms with Gasteiger partial charge >= 0.3 is 11.9 Å². The van der Waals surface area contributed by atoms with E-state index < -0.39 is 11.9 Å². The summed E-state index contributed by atoms with van der Waals surface area (Å²) >= 11 is 0. The molecule has 0 aliphatic heterocycles. The second-order valence-electron chi connectivity index (χ2n) is 9.20. The molecule has 208 valence electrons. The minimum Gasteiger partial charge on any atom is -0.481 e. The van der Waals surface area contributed by atoms with Gasteiger partial charge in [0.05, 0.1) is 11.1 Å². The van der Waals surface area contributed by atoms with Crippen LogP contribution in [0.15, 0.2) is 84.9 Å². The van der Waals surface area contributed by atoms with Crippen LogP contribution in [-0.2, 0) is 0 Å². The monoisotopic (exact) mass is 556 g/mol. The second kappa shape index (κ2) is 14.1. The summed E-state index contributed by atoms with van der Waals surface area (Å²) in [5.74, 6) is 5.97. The first-order valence-electron chi connectivity index (χ1n) is 13.0. The van der Waals surface area contributed by atoms with Gasteiger partial charge in [0.1, 0.15) is 36.2 Å². The molecule has 0 atom stereocenters. The Hall–Kier alpha value is -5.72. The minimum atomic E-state index is -0.466. The number of terminal acetylenes is 2. The van der Waals surface area contributed by atoms with Gasteiger partial charge in [-0.05, 0) is 109 Å². The lowest BCUT2D eigenvalue weighted by atomic mass is 10.1. The normalized spacial score (nSPS) is 10.4. The molecular formula is C36H28O6. The van der Waals surface area contributed by atoms with Crippen LogP contribution in [0.2, 0.25) is 0 Å². The van der Waals surface area contributed by atoms with Crippen molar-refractivity contribution in [3.05, 3.63) is 118 Å². The number of hydrogen-bond donors (Lipinski definition) is 0. The first-order valence-corrected chi connectivity index (χ1v) is 13.0. The molecule has 6 heteroatoms. The van der Waals surface area contributed by atoms with Gasteiger partial charge in [-0.15, -0.1) is 12.8 Å². The van der Waals surface area contributed by atoms with E-state index in [1.165, 1.54) is 0 Å². The molecule has 0 aromatic heterocycles. The molecule has 42 heavy (non-hydrogen) atoms. The molecule has 0 N–H and O–H groups in total. The fraction of sp³-hybridized carbons (Fsp3) is 0.111. The van der Waals surface area contributed by atoms with E-state index in [1.807, 2.05) is 50.3 Å². The lowest BCUT2D eigenvalue weighted by Crippen LogP contribution is -2.09. The van der Waals surface area contributed by atoms with Crippen LogP contribution >= 0.6 is 0 Å². The van der Waals surface area contributed by atoms with Crippen LogP contribution in [0.5, 0.6) is 23.0 Å². The van der Waals surface area contributed by atoms with E-state index in [0.717, 1.165) is 22.3 Å². The van der Waals surface area contributed by atoms with Gasteiger partial charge in [0.25, 0.3) is 0 Å². The molecule has 0 aliphatic carbocycles. The number of carbonyl (C=O) groups is 2. The average molecular weight is 557 g/mol. The third-order valence-electron chi connectivity index (χ3n) is 6.10. The molecular weight excluding hydrogens is 528 g/mol. The van der Waals surface area contributed by atoms with Gasteiger partial charge < -0.3 is 18.9 Å². The zero-order valence-electron chi connectivity index (χ0n) is 23.3. The van der Waals surface area contributed by atoms with E-state index in [1.54, 1.807) is 60.7 Å². The lowest BCUT2D eigenvalue weighted by Gasteiger charge is -2.10. The van der Waals surface area contributed by atoms with Crippen molar-refractivity contribution in [2.75, 3.05) is 13.2 Å². The van der Waals surface area contributed by atoms with E-state index in [9.17, 15) is 9.59 Å². The maximum atomic E-state index is 12.6. The minimum absolute atomic E-state index is 0.158. The quantitative estimate of drug-likeness (QED) is 0.0913. The SMILES string of the molecule is C#CCOc1ccc(C(=O)Oc2ccc(/C=C/c3ccc(OC(=O)c4ccc(OCC#C)cc4)c(C)c3)cc2C)cc1. The molecule has 0 amide bonds. The number of esters is 2. The van der Waals surface area contributed by atoms with E-state index in [2.05, 4.69) is 11.8 Å². The summed E-state index contributed by atoms with van der Waals surface area (Å²) in [6, 6.07) is 24.3. The summed E-state index contributed by atoms with van der Waals surface area (Å²) < 4.78 is 21.8. The maximum absolute atomic E-state index is 12.6. The zero-order valence-corrected chi connectivity index (χ0v) is 23.3. The molecule has 0 aliphatic rings. The Labute approximate surface area is 245 Å². The highest BCUT2D eigenvalue weighted by Crippen LogP contribution is 2.25. The highest BCUT2D eigenvalue weighted by Gasteiger charge is 2.12. The Bertz CT molecular complexity index is 1560. The van der Waals surface area contributed by atoms with Crippen LogP contribution in [0.1, 0.15) is 43.0 Å². The number of hydrogen-bond acceptors (Lipinski definition) is 6. The lowest BCUT2D eigenvalue weighted by molar-refractivity contribution is 0.0724. The summed E-state index contributed by atoms with van der Waals surface area (Å²) in [5.41, 5.74) is 4.30. The van der Waals surface area contributed by atoms with E-state index >= 15 is 0 Å². The summed E-state index contributed by atoms with van der Waals surface area (Å²) in [6.07, 6.45) is 14.3. The summed E-state index contributed by atoms with van der Waals surface area (Å²) in [6.45, 7) is 4.07. The van der Waals surface area contributed by atoms with Crippen molar-refractivity contribution >= 4 is 24.1 Å². The molecule has 0 bridgehead atoms. The Morgan fingerprint density at radius 3 is 1.33 bits per heavy atom. The predicted molar refractivity (Wildman–Crippen MR) is 163 cm³/mol. The number of ether oxygens (including phenoxy) is 4. The Kier molecular flexibility index (Phi) is 9.81. The predicted octanol–water partition coefficient (Wildman–Crippen LogP) is 6.94. The molecule has 0 heterocycles. The highest BCUT2D eigenvalue weighted by atomic mass is 16.5. The molecule has 4 rings (SSSR count). The van der Waals surface area contributed by atoms with Gasteiger partial charge in [0, 0.05) is 0 Å². The first kappa shape index (κ1) is 29.3. The maximum Gasteiger partial charge on any atom is 0.343 e. The fourth-order valence-electron chi connectivity index (χ4n) is 3.92. The summed E-state index contributed by atoms with van der Waals surface area (Å²) in [5, 5.41) is 0. The largest absolute Gasteiger partial charge is 0.481 e. The fourth-order valence-corrected chi connectivity index (χ4v) is 3.92. The van der Waals surface area contributed by atoms with Crippen LogP contribution in [0.25, 0.3) is 12.2 Å². The average Bonchev–Trinajstić information content (AvgIpc) is 3.00. The first-order chi connectivity index (χ1) is 20.4. The Morgan fingerprint density at radius 1 is 0.619 bits per heavy atom. The second-order valence-corrected chi connectivity index (χ2v) is 9.20. The van der Waals surface area contributed by atoms with Gasteiger partial charge in [0.15, 0.2) is 0 Å². The van der Waals surface area contributed by atoms with Crippen LogP contribution in [0.3, 0.4) is 0 Å². The molecule has 0 spiro atoms. The molecule has 4 aromatic rings.